The number of carbonyl (C=O) groups excluding carboxylic acids is 2. The fourth-order valence-electron chi connectivity index (χ4n) is 4.11. The molecule has 31 heavy (non-hydrogen) atoms. The van der Waals surface area contributed by atoms with Crippen LogP contribution in [0.3, 0.4) is 0 Å². The summed E-state index contributed by atoms with van der Waals surface area (Å²) in [5.74, 6) is -1.41. The van der Waals surface area contributed by atoms with E-state index in [0.717, 1.165) is 24.2 Å². The molecule has 0 spiro atoms. The van der Waals surface area contributed by atoms with Crippen molar-refractivity contribution in [3.8, 4) is 0 Å². The summed E-state index contributed by atoms with van der Waals surface area (Å²) < 4.78 is 5.20. The number of nitrogens with one attached hydrogen (secondary N) is 1. The first-order chi connectivity index (χ1) is 15.0. The van der Waals surface area contributed by atoms with Crippen LogP contribution in [-0.4, -0.2) is 50.0 Å². The number of carbonyl (C=O) groups is 2. The highest BCUT2D eigenvalue weighted by atomic mass is 16.5. The predicted octanol–water partition coefficient (Wildman–Crippen LogP) is 2.52. The highest BCUT2D eigenvalue weighted by molar-refractivity contribution is 6.08. The average molecular weight is 421 g/mol. The maximum absolute atomic E-state index is 13.0. The number of rotatable bonds is 4. The molecule has 0 aromatic heterocycles. The maximum Gasteiger partial charge on any atom is 0.321 e. The van der Waals surface area contributed by atoms with E-state index in [-0.39, 0.29) is 12.5 Å². The van der Waals surface area contributed by atoms with Gasteiger partial charge >= 0.3 is 5.97 Å². The molecule has 0 radical (unpaired) electrons. The van der Waals surface area contributed by atoms with E-state index in [0.29, 0.717) is 12.5 Å². The summed E-state index contributed by atoms with van der Waals surface area (Å²) in [6.45, 7) is 3.38. The van der Waals surface area contributed by atoms with Gasteiger partial charge in [0, 0.05) is 32.9 Å². The molecule has 7 nitrogen and oxygen atoms in total. The lowest BCUT2D eigenvalue weighted by Crippen LogP contribution is -2.53. The van der Waals surface area contributed by atoms with Crippen LogP contribution < -0.4 is 10.2 Å². The smallest absolute Gasteiger partial charge is 0.321 e. The number of aliphatic imine (C=N–C) groups is 1. The second kappa shape index (κ2) is 8.79. The molecule has 2 aromatic carbocycles. The van der Waals surface area contributed by atoms with Crippen LogP contribution in [0, 0.1) is 5.92 Å². The first-order valence-corrected chi connectivity index (χ1v) is 10.6. The van der Waals surface area contributed by atoms with E-state index in [4.69, 9.17) is 9.73 Å². The molecule has 2 aromatic rings. The number of benzene rings is 2. The van der Waals surface area contributed by atoms with E-state index in [1.807, 2.05) is 55.4 Å². The number of nitrogens with zero attached hydrogens (tertiary/aromatic N) is 3. The van der Waals surface area contributed by atoms with Gasteiger partial charge in [0.15, 0.2) is 5.92 Å². The molecular weight excluding hydrogens is 392 g/mol. The number of amides is 1. The average Bonchev–Trinajstić information content (AvgIpc) is 2.78. The van der Waals surface area contributed by atoms with Crippen molar-refractivity contribution >= 4 is 23.5 Å². The number of fused-ring (bicyclic) bond motifs is 1. The number of esters is 1. The van der Waals surface area contributed by atoms with Crippen LogP contribution in [-0.2, 0) is 27.3 Å². The lowest BCUT2D eigenvalue weighted by molar-refractivity contribution is -0.153. The minimum Gasteiger partial charge on any atom is -0.465 e. The molecule has 1 N–H and O–H groups in total. The Hall–Kier alpha value is -3.35. The van der Waals surface area contributed by atoms with Crippen LogP contribution in [0.1, 0.15) is 29.7 Å². The first kappa shape index (κ1) is 20.9. The van der Waals surface area contributed by atoms with Crippen molar-refractivity contribution in [1.82, 2.24) is 10.2 Å². The fraction of sp³-hybridized carbons (Fsp3) is 0.375. The minimum absolute atomic E-state index is 0.217. The number of hydrogen-bond acceptors (Lipinski definition) is 6. The van der Waals surface area contributed by atoms with Crippen LogP contribution in [0.2, 0.25) is 0 Å². The van der Waals surface area contributed by atoms with Crippen LogP contribution in [0.5, 0.6) is 0 Å². The Morgan fingerprint density at radius 3 is 2.55 bits per heavy atom. The first-order valence-electron chi connectivity index (χ1n) is 10.6. The SMILES string of the molecule is CCOC(=O)[C@@H]1C(=O)NC(N2CCc3ccccc3C2)=N[C@H]1c1ccc(N(C)C)cc1. The Balaban J connectivity index is 1.68. The molecule has 1 amide bonds. The van der Waals surface area contributed by atoms with Crippen molar-refractivity contribution in [2.24, 2.45) is 10.9 Å². The van der Waals surface area contributed by atoms with Gasteiger partial charge in [-0.15, -0.1) is 0 Å². The summed E-state index contributed by atoms with van der Waals surface area (Å²) in [4.78, 5) is 34.6. The van der Waals surface area contributed by atoms with Gasteiger partial charge < -0.3 is 14.5 Å². The second-order valence-corrected chi connectivity index (χ2v) is 8.04. The molecule has 2 atom stereocenters. The van der Waals surface area contributed by atoms with Crippen molar-refractivity contribution in [3.05, 3.63) is 65.2 Å². The maximum atomic E-state index is 13.0. The van der Waals surface area contributed by atoms with Crippen LogP contribution in [0.4, 0.5) is 5.69 Å². The van der Waals surface area contributed by atoms with E-state index in [9.17, 15) is 9.59 Å². The molecule has 2 aliphatic rings. The highest BCUT2D eigenvalue weighted by Crippen LogP contribution is 2.32. The molecule has 0 aliphatic carbocycles. The number of anilines is 1. The fourth-order valence-corrected chi connectivity index (χ4v) is 4.11. The summed E-state index contributed by atoms with van der Waals surface area (Å²) in [6.07, 6.45) is 0.883. The molecule has 2 heterocycles. The zero-order chi connectivity index (χ0) is 22.0. The monoisotopic (exact) mass is 420 g/mol. The van der Waals surface area contributed by atoms with Gasteiger partial charge in [0.05, 0.1) is 6.61 Å². The third-order valence-electron chi connectivity index (χ3n) is 5.82. The lowest BCUT2D eigenvalue weighted by atomic mass is 9.91. The molecule has 0 saturated heterocycles. The standard InChI is InChI=1S/C24H28N4O3/c1-4-31-23(30)20-21(17-9-11-19(12-10-17)27(2)3)25-24(26-22(20)29)28-14-13-16-7-5-6-8-18(16)15-28/h5-12,20-21H,4,13-15H2,1-3H3,(H,25,26,29)/t20-,21-/m0/s1. The van der Waals surface area contributed by atoms with Gasteiger partial charge in [0.2, 0.25) is 11.9 Å². The van der Waals surface area contributed by atoms with Crippen LogP contribution >= 0.6 is 0 Å². The van der Waals surface area contributed by atoms with E-state index in [2.05, 4.69) is 22.3 Å². The summed E-state index contributed by atoms with van der Waals surface area (Å²) in [5.41, 5.74) is 4.40. The highest BCUT2D eigenvalue weighted by Gasteiger charge is 2.42. The Kier molecular flexibility index (Phi) is 5.93. The third-order valence-corrected chi connectivity index (χ3v) is 5.82. The molecule has 4 rings (SSSR count). The van der Waals surface area contributed by atoms with Gasteiger partial charge in [-0.25, -0.2) is 4.99 Å². The van der Waals surface area contributed by atoms with E-state index in [1.54, 1.807) is 6.92 Å². The van der Waals surface area contributed by atoms with Gasteiger partial charge in [-0.2, -0.15) is 0 Å². The predicted molar refractivity (Wildman–Crippen MR) is 120 cm³/mol. The summed E-state index contributed by atoms with van der Waals surface area (Å²) >= 11 is 0. The molecule has 7 heteroatoms. The van der Waals surface area contributed by atoms with Gasteiger partial charge in [-0.05, 0) is 42.2 Å². The van der Waals surface area contributed by atoms with Crippen molar-refractivity contribution in [2.45, 2.75) is 25.9 Å². The van der Waals surface area contributed by atoms with E-state index < -0.39 is 17.9 Å². The lowest BCUT2D eigenvalue weighted by Gasteiger charge is -2.36. The minimum atomic E-state index is -1.01. The van der Waals surface area contributed by atoms with Gasteiger partial charge in [0.25, 0.3) is 0 Å². The summed E-state index contributed by atoms with van der Waals surface area (Å²) in [6, 6.07) is 15.5. The molecule has 0 fully saturated rings. The Morgan fingerprint density at radius 1 is 1.16 bits per heavy atom. The Morgan fingerprint density at radius 2 is 1.87 bits per heavy atom. The number of hydrogen-bond donors (Lipinski definition) is 1. The number of guanidine groups is 1. The zero-order valence-corrected chi connectivity index (χ0v) is 18.2. The Bertz CT molecular complexity index is 1000. The molecule has 0 unspecified atom stereocenters. The Labute approximate surface area is 182 Å². The quantitative estimate of drug-likeness (QED) is 0.608. The zero-order valence-electron chi connectivity index (χ0n) is 18.2. The largest absolute Gasteiger partial charge is 0.465 e. The molecular formula is C24H28N4O3. The van der Waals surface area contributed by atoms with E-state index >= 15 is 0 Å². The van der Waals surface area contributed by atoms with Gasteiger partial charge in [0.1, 0.15) is 6.04 Å². The summed E-state index contributed by atoms with van der Waals surface area (Å²) in [7, 11) is 3.93. The second-order valence-electron chi connectivity index (χ2n) is 8.04. The topological polar surface area (TPSA) is 74.2 Å². The molecule has 0 saturated carbocycles. The van der Waals surface area contributed by atoms with Crippen LogP contribution in [0.25, 0.3) is 0 Å². The third kappa shape index (κ3) is 4.26. The van der Waals surface area contributed by atoms with Gasteiger partial charge in [-0.3, -0.25) is 14.9 Å². The number of ether oxygens (including phenoxy) is 1. The van der Waals surface area contributed by atoms with Gasteiger partial charge in [-0.1, -0.05) is 36.4 Å². The van der Waals surface area contributed by atoms with Crippen molar-refractivity contribution in [2.75, 3.05) is 32.1 Å². The van der Waals surface area contributed by atoms with Crippen LogP contribution in [0.15, 0.2) is 53.5 Å². The van der Waals surface area contributed by atoms with Crippen molar-refractivity contribution in [1.29, 1.82) is 0 Å². The molecule has 0 bridgehead atoms. The molecule has 2 aliphatic heterocycles. The van der Waals surface area contributed by atoms with E-state index in [1.165, 1.54) is 11.1 Å². The van der Waals surface area contributed by atoms with Crippen molar-refractivity contribution < 1.29 is 14.3 Å². The molecule has 162 valence electrons. The summed E-state index contributed by atoms with van der Waals surface area (Å²) in [5, 5.41) is 2.86. The van der Waals surface area contributed by atoms with Crippen molar-refractivity contribution in [3.63, 3.8) is 0 Å². The normalized spacial score (nSPS) is 20.4.